The number of hydrogen-bond acceptors (Lipinski definition) is 13. The molecule has 1 rings (SSSR count). The van der Waals surface area contributed by atoms with Crippen molar-refractivity contribution >= 4 is 29.9 Å². The van der Waals surface area contributed by atoms with E-state index in [1.165, 1.54) is 0 Å². The van der Waals surface area contributed by atoms with E-state index in [9.17, 15) is 43.3 Å². The van der Waals surface area contributed by atoms with Crippen molar-refractivity contribution in [1.29, 1.82) is 0 Å². The summed E-state index contributed by atoms with van der Waals surface area (Å²) in [6.45, 7) is -2.28. The fraction of sp³-hybridized carbons (Fsp3) is 0.941. The Morgan fingerprint density at radius 1 is 1.09 bits per heavy atom. The van der Waals surface area contributed by atoms with Crippen LogP contribution in [0, 0.1) is 5.92 Å². The van der Waals surface area contributed by atoms with Gasteiger partial charge >= 0.3 is 194 Å². The first-order valence-electron chi connectivity index (χ1n) is 9.98. The Kier molecular flexibility index (Phi) is 12.6. The van der Waals surface area contributed by atoms with Crippen molar-refractivity contribution in [3.05, 3.63) is 0 Å². The first kappa shape index (κ1) is 30.6. The summed E-state index contributed by atoms with van der Waals surface area (Å²) < 4.78 is 51.0. The maximum atomic E-state index is 11.6. The first-order valence-corrected chi connectivity index (χ1v) is 17.7. The molecule has 0 saturated carbocycles. The molecule has 1 aliphatic heterocycles. The van der Waals surface area contributed by atoms with Crippen LogP contribution in [0.15, 0.2) is 0 Å². The van der Waals surface area contributed by atoms with E-state index in [0.717, 1.165) is 0 Å². The van der Waals surface area contributed by atoms with E-state index in [4.69, 9.17) is 19.3 Å². The molecule has 1 fully saturated rings. The van der Waals surface area contributed by atoms with Crippen molar-refractivity contribution in [2.24, 2.45) is 5.92 Å². The van der Waals surface area contributed by atoms with Gasteiger partial charge in [-0.15, -0.1) is 0 Å². The number of hydrogen-bond donors (Lipinski definition) is 6. The predicted octanol–water partition coefficient (Wildman–Crippen LogP) is -2.93. The topological polar surface area (TPSA) is 233 Å². The summed E-state index contributed by atoms with van der Waals surface area (Å²) in [4.78, 5) is 11.6. The zero-order chi connectivity index (χ0) is 25.4. The molecule has 1 heterocycles. The van der Waals surface area contributed by atoms with Gasteiger partial charge in [0.2, 0.25) is 0 Å². The van der Waals surface area contributed by atoms with Crippen LogP contribution in [0.3, 0.4) is 0 Å². The molecule has 196 valence electrons. The van der Waals surface area contributed by atoms with Crippen LogP contribution in [0.4, 0.5) is 0 Å². The van der Waals surface area contributed by atoms with Gasteiger partial charge < -0.3 is 0 Å². The van der Waals surface area contributed by atoms with E-state index < -0.39 is 92.5 Å². The zero-order valence-electron chi connectivity index (χ0n) is 18.3. The van der Waals surface area contributed by atoms with E-state index in [1.807, 2.05) is 11.4 Å². The Balaban J connectivity index is 2.59. The Labute approximate surface area is 194 Å². The molecule has 0 spiro atoms. The molecule has 1 aliphatic rings. The van der Waals surface area contributed by atoms with Gasteiger partial charge in [0.05, 0.1) is 0 Å². The second-order valence-corrected chi connectivity index (χ2v) is 19.1. The summed E-state index contributed by atoms with van der Waals surface area (Å²) >= 11 is -2.74. The number of ether oxygens (including phenoxy) is 3. The molecule has 6 N–H and O–H groups in total. The molecule has 0 aliphatic carbocycles. The Bertz CT molecular complexity index is 704. The summed E-state index contributed by atoms with van der Waals surface area (Å²) in [5, 5.41) is 58.2. The molecule has 1 saturated heterocycles. The fourth-order valence-corrected chi connectivity index (χ4v) is 9.55. The number of rotatable bonds is 16. The molecule has 0 amide bonds. The first-order chi connectivity index (χ1) is 15.1. The van der Waals surface area contributed by atoms with E-state index in [2.05, 4.69) is 4.18 Å². The summed E-state index contributed by atoms with van der Waals surface area (Å²) in [7, 11) is -4.99. The van der Waals surface area contributed by atoms with Gasteiger partial charge in [-0.05, 0) is 0 Å². The van der Waals surface area contributed by atoms with Crippen LogP contribution in [0.5, 0.6) is 0 Å². The SMILES string of the molecule is C[As+](C)(C[C@H](COCC(O)CO)C(=O)O)C[C@H]1O[C@@H](OC[C@H](O)COS(=O)(=O)[O-])[C@H](O)[C@@H]1O. The average molecular weight is 568 g/mol. The third-order valence-electron chi connectivity index (χ3n) is 4.75. The zero-order valence-corrected chi connectivity index (χ0v) is 21.0. The second-order valence-electron chi connectivity index (χ2n) is 8.41. The predicted molar refractivity (Wildman–Crippen MR) is 110 cm³/mol. The molecule has 0 bridgehead atoms. The molecular weight excluding hydrogens is 535 g/mol. The quantitative estimate of drug-likeness (QED) is 0.0622. The fourth-order valence-electron chi connectivity index (χ4n) is 3.18. The van der Waals surface area contributed by atoms with Gasteiger partial charge in [0.25, 0.3) is 0 Å². The van der Waals surface area contributed by atoms with Gasteiger partial charge in [0, 0.05) is 0 Å². The Hall–Kier alpha value is -0.422. The standard InChI is InChI=1S/C17H33AsO14S/c1-18(2,3-10(16(24)25)6-29-7-11(20)5-19)4-13-14(22)15(23)17(32-13)30-8-12(21)9-31-33(26,27)28/h10-15,17,19-23H,3-9H2,1-2H3,(H-,24,25,26,27,28)/t10-,11?,12+,13-,14-,15-,17-/m1/s1. The molecule has 0 radical (unpaired) electrons. The summed E-state index contributed by atoms with van der Waals surface area (Å²) in [5.41, 5.74) is 3.80. The van der Waals surface area contributed by atoms with Crippen molar-refractivity contribution < 1.29 is 66.8 Å². The molecular formula is C17H33AsO14S. The van der Waals surface area contributed by atoms with Crippen LogP contribution >= 0.6 is 0 Å². The molecule has 0 aromatic rings. The van der Waals surface area contributed by atoms with E-state index >= 15 is 0 Å². The molecule has 33 heavy (non-hydrogen) atoms. The van der Waals surface area contributed by atoms with Gasteiger partial charge in [-0.3, -0.25) is 0 Å². The Morgan fingerprint density at radius 3 is 2.27 bits per heavy atom. The summed E-state index contributed by atoms with van der Waals surface area (Å²) in [6.07, 6.45) is -7.63. The van der Waals surface area contributed by atoms with Crippen LogP contribution in [-0.4, -0.2) is 133 Å². The van der Waals surface area contributed by atoms with Crippen molar-refractivity contribution in [2.75, 3.05) is 33.0 Å². The summed E-state index contributed by atoms with van der Waals surface area (Å²) in [6, 6.07) is 0. The molecule has 1 unspecified atom stereocenters. The van der Waals surface area contributed by atoms with Crippen molar-refractivity contribution in [1.82, 2.24) is 0 Å². The number of carboxylic acid groups (broad SMARTS) is 1. The van der Waals surface area contributed by atoms with Crippen LogP contribution in [-0.2, 0) is 33.6 Å². The number of aliphatic hydroxyl groups is 5. The molecule has 0 aromatic carbocycles. The van der Waals surface area contributed by atoms with Gasteiger partial charge in [-0.1, -0.05) is 0 Å². The number of carbonyl (C=O) groups is 1. The Morgan fingerprint density at radius 2 is 1.73 bits per heavy atom. The molecule has 14 nitrogen and oxygen atoms in total. The van der Waals surface area contributed by atoms with Crippen LogP contribution in [0.2, 0.25) is 21.8 Å². The minimum absolute atomic E-state index is 0.168. The van der Waals surface area contributed by atoms with E-state index in [1.54, 1.807) is 0 Å². The summed E-state index contributed by atoms with van der Waals surface area (Å²) in [5.74, 6) is -1.96. The molecule has 0 aromatic heterocycles. The van der Waals surface area contributed by atoms with Crippen molar-refractivity contribution in [3.63, 3.8) is 0 Å². The van der Waals surface area contributed by atoms with E-state index in [-0.39, 0.29) is 18.4 Å². The molecule has 16 heteroatoms. The number of aliphatic carboxylic acids is 1. The van der Waals surface area contributed by atoms with Gasteiger partial charge in [-0.2, -0.15) is 0 Å². The normalized spacial score (nSPS) is 26.8. The minimum atomic E-state index is -4.99. The van der Waals surface area contributed by atoms with Gasteiger partial charge in [0.15, 0.2) is 0 Å². The van der Waals surface area contributed by atoms with Crippen molar-refractivity contribution in [2.45, 2.75) is 58.6 Å². The van der Waals surface area contributed by atoms with Crippen molar-refractivity contribution in [3.8, 4) is 0 Å². The molecule has 7 atom stereocenters. The van der Waals surface area contributed by atoms with Crippen LogP contribution < -0.4 is 0 Å². The monoisotopic (exact) mass is 568 g/mol. The third-order valence-corrected chi connectivity index (χ3v) is 11.0. The number of carboxylic acids is 1. The second kappa shape index (κ2) is 13.6. The number of aliphatic hydroxyl groups excluding tert-OH is 5. The third kappa shape index (κ3) is 11.7. The van der Waals surface area contributed by atoms with Gasteiger partial charge in [0.1, 0.15) is 0 Å². The average Bonchev–Trinajstić information content (AvgIpc) is 2.96. The van der Waals surface area contributed by atoms with E-state index in [0.29, 0.717) is 5.21 Å². The van der Waals surface area contributed by atoms with Gasteiger partial charge in [-0.25, -0.2) is 0 Å². The van der Waals surface area contributed by atoms with Crippen LogP contribution in [0.25, 0.3) is 0 Å². The van der Waals surface area contributed by atoms with Crippen LogP contribution in [0.1, 0.15) is 0 Å². The maximum absolute atomic E-state index is 11.6.